The summed E-state index contributed by atoms with van der Waals surface area (Å²) in [7, 11) is -2.23. The van der Waals surface area contributed by atoms with Gasteiger partial charge in [-0.25, -0.2) is 17.5 Å². The molecular weight excluding hydrogens is 428 g/mol. The molecule has 1 N–H and O–H groups in total. The molecule has 0 saturated carbocycles. The van der Waals surface area contributed by atoms with Gasteiger partial charge in [0.25, 0.3) is 0 Å². The number of piperidine rings is 1. The molecule has 0 unspecified atom stereocenters. The minimum Gasteiger partial charge on any atom is -0.465 e. The molecule has 2 aromatic rings. The number of carbonyl (C=O) groups is 2. The molecule has 160 valence electrons. The first-order chi connectivity index (χ1) is 14.3. The second-order valence-electron chi connectivity index (χ2n) is 7.08. The summed E-state index contributed by atoms with van der Waals surface area (Å²) in [6.45, 7) is 0.542. The van der Waals surface area contributed by atoms with Crippen LogP contribution < -0.4 is 5.32 Å². The Labute approximate surface area is 181 Å². The maximum atomic E-state index is 12.7. The van der Waals surface area contributed by atoms with E-state index in [-0.39, 0.29) is 30.7 Å². The Balaban J connectivity index is 1.58. The predicted molar refractivity (Wildman–Crippen MR) is 115 cm³/mol. The van der Waals surface area contributed by atoms with E-state index in [1.54, 1.807) is 48.5 Å². The largest absolute Gasteiger partial charge is 0.465 e. The summed E-state index contributed by atoms with van der Waals surface area (Å²) < 4.78 is 31.6. The first kappa shape index (κ1) is 22.3. The summed E-state index contributed by atoms with van der Waals surface area (Å²) in [6, 6.07) is 13.4. The van der Waals surface area contributed by atoms with Crippen LogP contribution in [0.5, 0.6) is 0 Å². The molecule has 1 aliphatic heterocycles. The molecule has 1 heterocycles. The molecule has 0 spiro atoms. The van der Waals surface area contributed by atoms with Crippen LogP contribution in [0.15, 0.2) is 48.5 Å². The van der Waals surface area contributed by atoms with E-state index in [2.05, 4.69) is 10.1 Å². The van der Waals surface area contributed by atoms with Crippen LogP contribution >= 0.6 is 11.6 Å². The van der Waals surface area contributed by atoms with Crippen LogP contribution in [-0.2, 0) is 25.3 Å². The minimum absolute atomic E-state index is 0.163. The lowest BCUT2D eigenvalue weighted by Gasteiger charge is -2.30. The number of ether oxygens (including phenoxy) is 1. The molecule has 0 radical (unpaired) electrons. The molecular formula is C21H23ClN2O5S. The maximum absolute atomic E-state index is 12.7. The lowest BCUT2D eigenvalue weighted by atomic mass is 9.97. The summed E-state index contributed by atoms with van der Waals surface area (Å²) in [5.41, 5.74) is 1.40. The number of nitrogens with zero attached hydrogens (tertiary/aromatic N) is 1. The van der Waals surface area contributed by atoms with E-state index in [4.69, 9.17) is 11.6 Å². The number of carbonyl (C=O) groups excluding carboxylic acids is 2. The second kappa shape index (κ2) is 9.59. The average molecular weight is 451 g/mol. The molecule has 0 atom stereocenters. The van der Waals surface area contributed by atoms with E-state index < -0.39 is 16.0 Å². The number of hydrogen-bond acceptors (Lipinski definition) is 5. The Morgan fingerprint density at radius 3 is 2.50 bits per heavy atom. The number of halogens is 1. The lowest BCUT2D eigenvalue weighted by Crippen LogP contribution is -2.41. The van der Waals surface area contributed by atoms with Crippen molar-refractivity contribution < 1.29 is 22.7 Å². The fourth-order valence-corrected chi connectivity index (χ4v) is 5.26. The molecule has 9 heteroatoms. The van der Waals surface area contributed by atoms with Gasteiger partial charge >= 0.3 is 5.97 Å². The third kappa shape index (κ3) is 5.38. The summed E-state index contributed by atoms with van der Waals surface area (Å²) in [6.07, 6.45) is 0.842. The highest BCUT2D eigenvalue weighted by atomic mass is 35.5. The molecule has 7 nitrogen and oxygen atoms in total. The Hall–Kier alpha value is -2.42. The number of esters is 1. The molecule has 30 heavy (non-hydrogen) atoms. The minimum atomic E-state index is -3.52. The Bertz CT molecular complexity index is 1030. The Morgan fingerprint density at radius 2 is 1.83 bits per heavy atom. The van der Waals surface area contributed by atoms with Gasteiger partial charge in [0.15, 0.2) is 0 Å². The zero-order valence-corrected chi connectivity index (χ0v) is 18.1. The van der Waals surface area contributed by atoms with E-state index in [0.29, 0.717) is 34.7 Å². The summed E-state index contributed by atoms with van der Waals surface area (Å²) in [4.78, 5) is 24.2. The smallest absolute Gasteiger partial charge is 0.337 e. The van der Waals surface area contributed by atoms with Gasteiger partial charge in [-0.3, -0.25) is 4.79 Å². The fraction of sp³-hybridized carbons (Fsp3) is 0.333. The molecule has 1 aliphatic rings. The SMILES string of the molecule is COC(=O)c1cccc(NC(=O)C2CCN(S(=O)(=O)Cc3ccccc3Cl)CC2)c1. The third-order valence-electron chi connectivity index (χ3n) is 5.07. The number of anilines is 1. The van der Waals surface area contributed by atoms with Gasteiger partial charge in [0.2, 0.25) is 15.9 Å². The van der Waals surface area contributed by atoms with Crippen LogP contribution in [-0.4, -0.2) is 44.8 Å². The van der Waals surface area contributed by atoms with Gasteiger partial charge in [-0.15, -0.1) is 0 Å². The van der Waals surface area contributed by atoms with Crippen molar-refractivity contribution >= 4 is 39.2 Å². The highest BCUT2D eigenvalue weighted by Gasteiger charge is 2.31. The van der Waals surface area contributed by atoms with Crippen molar-refractivity contribution in [3.05, 3.63) is 64.7 Å². The number of benzene rings is 2. The number of nitrogens with one attached hydrogen (secondary N) is 1. The van der Waals surface area contributed by atoms with Crippen LogP contribution in [0, 0.1) is 5.92 Å². The van der Waals surface area contributed by atoms with Crippen molar-refractivity contribution in [1.82, 2.24) is 4.31 Å². The number of hydrogen-bond donors (Lipinski definition) is 1. The van der Waals surface area contributed by atoms with Gasteiger partial charge in [0.05, 0.1) is 18.4 Å². The van der Waals surface area contributed by atoms with E-state index >= 15 is 0 Å². The zero-order valence-electron chi connectivity index (χ0n) is 16.5. The first-order valence-corrected chi connectivity index (χ1v) is 11.5. The lowest BCUT2D eigenvalue weighted by molar-refractivity contribution is -0.120. The van der Waals surface area contributed by atoms with Crippen LogP contribution in [0.3, 0.4) is 0 Å². The van der Waals surface area contributed by atoms with E-state index in [9.17, 15) is 18.0 Å². The van der Waals surface area contributed by atoms with Crippen molar-refractivity contribution in [2.75, 3.05) is 25.5 Å². The summed E-state index contributed by atoms with van der Waals surface area (Å²) >= 11 is 6.09. The number of amides is 1. The van der Waals surface area contributed by atoms with Crippen molar-refractivity contribution in [1.29, 1.82) is 0 Å². The van der Waals surface area contributed by atoms with Gasteiger partial charge in [0.1, 0.15) is 0 Å². The highest BCUT2D eigenvalue weighted by Crippen LogP contribution is 2.25. The van der Waals surface area contributed by atoms with Crippen molar-refractivity contribution in [2.45, 2.75) is 18.6 Å². The van der Waals surface area contributed by atoms with E-state index in [1.807, 2.05) is 0 Å². The maximum Gasteiger partial charge on any atom is 0.337 e. The molecule has 0 bridgehead atoms. The average Bonchev–Trinajstić information content (AvgIpc) is 2.75. The highest BCUT2D eigenvalue weighted by molar-refractivity contribution is 7.88. The second-order valence-corrected chi connectivity index (χ2v) is 9.46. The topological polar surface area (TPSA) is 92.8 Å². The Morgan fingerprint density at radius 1 is 1.13 bits per heavy atom. The molecule has 3 rings (SSSR count). The van der Waals surface area contributed by atoms with Gasteiger partial charge in [0, 0.05) is 29.7 Å². The van der Waals surface area contributed by atoms with Gasteiger partial charge in [-0.2, -0.15) is 0 Å². The molecule has 1 saturated heterocycles. The van der Waals surface area contributed by atoms with Crippen LogP contribution in [0.25, 0.3) is 0 Å². The molecule has 0 aliphatic carbocycles. The Kier molecular flexibility index (Phi) is 7.12. The standard InChI is InChI=1S/C21H23ClN2O5S/c1-29-21(26)16-6-4-7-18(13-16)23-20(25)15-9-11-24(12-10-15)30(27,28)14-17-5-2-3-8-19(17)22/h2-8,13,15H,9-12,14H2,1H3,(H,23,25). The van der Waals surface area contributed by atoms with Gasteiger partial charge in [-0.1, -0.05) is 35.9 Å². The normalized spacial score (nSPS) is 15.5. The predicted octanol–water partition coefficient (Wildman–Crippen LogP) is 3.31. The first-order valence-electron chi connectivity index (χ1n) is 9.50. The molecule has 0 aromatic heterocycles. The van der Waals surface area contributed by atoms with Gasteiger partial charge in [-0.05, 0) is 42.7 Å². The number of rotatable bonds is 6. The fourth-order valence-electron chi connectivity index (χ4n) is 3.39. The molecule has 1 fully saturated rings. The monoisotopic (exact) mass is 450 g/mol. The zero-order chi connectivity index (χ0) is 21.7. The van der Waals surface area contributed by atoms with E-state index in [1.165, 1.54) is 11.4 Å². The molecule has 2 aromatic carbocycles. The quantitative estimate of drug-likeness (QED) is 0.681. The van der Waals surface area contributed by atoms with Crippen LogP contribution in [0.2, 0.25) is 5.02 Å². The summed E-state index contributed by atoms with van der Waals surface area (Å²) in [5.74, 6) is -1.15. The van der Waals surface area contributed by atoms with Crippen LogP contribution in [0.1, 0.15) is 28.8 Å². The van der Waals surface area contributed by atoms with E-state index in [0.717, 1.165) is 0 Å². The third-order valence-corrected chi connectivity index (χ3v) is 7.26. The molecule has 1 amide bonds. The van der Waals surface area contributed by atoms with Crippen molar-refractivity contribution in [3.8, 4) is 0 Å². The van der Waals surface area contributed by atoms with Crippen molar-refractivity contribution in [3.63, 3.8) is 0 Å². The number of methoxy groups -OCH3 is 1. The van der Waals surface area contributed by atoms with Gasteiger partial charge < -0.3 is 10.1 Å². The van der Waals surface area contributed by atoms with Crippen molar-refractivity contribution in [2.24, 2.45) is 5.92 Å². The van der Waals surface area contributed by atoms with Crippen LogP contribution in [0.4, 0.5) is 5.69 Å². The summed E-state index contributed by atoms with van der Waals surface area (Å²) in [5, 5.41) is 3.22. The number of sulfonamides is 1.